The summed E-state index contributed by atoms with van der Waals surface area (Å²) in [5.41, 5.74) is 1.15. The Hall–Kier alpha value is -2.90. The number of pyridine rings is 1. The third-order valence-corrected chi connectivity index (χ3v) is 5.07. The second-order valence-corrected chi connectivity index (χ2v) is 7.20. The Morgan fingerprint density at radius 1 is 1.21 bits per heavy atom. The van der Waals surface area contributed by atoms with E-state index in [4.69, 9.17) is 4.74 Å². The number of nitrogens with zero attached hydrogens (tertiary/aromatic N) is 5. The van der Waals surface area contributed by atoms with Gasteiger partial charge in [0, 0.05) is 63.3 Å². The first kappa shape index (κ1) is 19.9. The lowest BCUT2D eigenvalue weighted by atomic mass is 9.89. The van der Waals surface area contributed by atoms with Crippen LogP contribution in [0.15, 0.2) is 36.8 Å². The molecule has 1 saturated heterocycles. The van der Waals surface area contributed by atoms with Crippen LogP contribution in [0.3, 0.4) is 0 Å². The van der Waals surface area contributed by atoms with Crippen LogP contribution in [0.2, 0.25) is 0 Å². The van der Waals surface area contributed by atoms with Crippen molar-refractivity contribution in [2.75, 3.05) is 44.7 Å². The van der Waals surface area contributed by atoms with Crippen molar-refractivity contribution in [2.24, 2.45) is 5.92 Å². The van der Waals surface area contributed by atoms with Crippen LogP contribution in [0.25, 0.3) is 0 Å². The van der Waals surface area contributed by atoms with Gasteiger partial charge in [0.15, 0.2) is 0 Å². The van der Waals surface area contributed by atoms with Gasteiger partial charge >= 0.3 is 6.03 Å². The van der Waals surface area contributed by atoms with E-state index in [1.54, 1.807) is 25.6 Å². The molecule has 1 fully saturated rings. The van der Waals surface area contributed by atoms with Crippen LogP contribution in [0.1, 0.15) is 25.3 Å². The number of methoxy groups -OCH3 is 1. The number of ether oxygens (including phenoxy) is 1. The quantitative estimate of drug-likeness (QED) is 0.822. The number of carbonyl (C=O) groups excluding carboxylic acids is 1. The number of carbonyl (C=O) groups is 1. The summed E-state index contributed by atoms with van der Waals surface area (Å²) in [6.07, 6.45) is 5.33. The van der Waals surface area contributed by atoms with Gasteiger partial charge in [-0.2, -0.15) is 4.98 Å². The molecule has 0 aliphatic carbocycles. The largest absolute Gasteiger partial charge is 0.481 e. The molecule has 3 heterocycles. The molecule has 150 valence electrons. The van der Waals surface area contributed by atoms with E-state index in [-0.39, 0.29) is 11.9 Å². The molecule has 1 aliphatic rings. The highest BCUT2D eigenvalue weighted by atomic mass is 16.5. The summed E-state index contributed by atoms with van der Waals surface area (Å²) in [6, 6.07) is 5.70. The first-order chi connectivity index (χ1) is 13.6. The molecule has 2 aromatic rings. The van der Waals surface area contributed by atoms with E-state index in [1.165, 1.54) is 0 Å². The standard InChI is InChI=1S/C20H28N6O2/c1-15(2)17(16-5-4-7-21-13-16)14-23-20(27)26-11-9-25(10-12-26)19-22-8-6-18(24-19)28-3/h4-8,13,15,17H,9-12,14H2,1-3H3,(H,23,27). The summed E-state index contributed by atoms with van der Waals surface area (Å²) < 4.78 is 5.16. The Labute approximate surface area is 166 Å². The first-order valence-electron chi connectivity index (χ1n) is 9.63. The number of urea groups is 1. The molecule has 0 spiro atoms. The topological polar surface area (TPSA) is 83.5 Å². The molecule has 28 heavy (non-hydrogen) atoms. The number of nitrogens with one attached hydrogen (secondary N) is 1. The minimum atomic E-state index is -0.0271. The molecule has 3 rings (SSSR count). The van der Waals surface area contributed by atoms with Crippen LogP contribution >= 0.6 is 0 Å². The van der Waals surface area contributed by atoms with Crippen LogP contribution in [0.5, 0.6) is 5.88 Å². The lowest BCUT2D eigenvalue weighted by Crippen LogP contribution is -2.52. The Morgan fingerprint density at radius 2 is 2.00 bits per heavy atom. The highest BCUT2D eigenvalue weighted by Crippen LogP contribution is 2.23. The molecule has 0 saturated carbocycles. The van der Waals surface area contributed by atoms with E-state index >= 15 is 0 Å². The predicted molar refractivity (Wildman–Crippen MR) is 108 cm³/mol. The summed E-state index contributed by atoms with van der Waals surface area (Å²) >= 11 is 0. The molecule has 0 bridgehead atoms. The Balaban J connectivity index is 1.52. The summed E-state index contributed by atoms with van der Waals surface area (Å²) in [5, 5.41) is 3.09. The fourth-order valence-corrected chi connectivity index (χ4v) is 3.35. The zero-order chi connectivity index (χ0) is 19.9. The van der Waals surface area contributed by atoms with Crippen molar-refractivity contribution in [1.29, 1.82) is 0 Å². The van der Waals surface area contributed by atoms with E-state index in [2.05, 4.69) is 45.1 Å². The number of amides is 2. The third kappa shape index (κ3) is 4.88. The van der Waals surface area contributed by atoms with Crippen LogP contribution in [-0.4, -0.2) is 65.7 Å². The van der Waals surface area contributed by atoms with Gasteiger partial charge in [0.2, 0.25) is 11.8 Å². The van der Waals surface area contributed by atoms with Crippen molar-refractivity contribution in [3.63, 3.8) is 0 Å². The lowest BCUT2D eigenvalue weighted by molar-refractivity contribution is 0.192. The monoisotopic (exact) mass is 384 g/mol. The normalized spacial score (nSPS) is 15.4. The first-order valence-corrected chi connectivity index (χ1v) is 9.63. The van der Waals surface area contributed by atoms with Gasteiger partial charge < -0.3 is 19.9 Å². The van der Waals surface area contributed by atoms with Crippen molar-refractivity contribution < 1.29 is 9.53 Å². The van der Waals surface area contributed by atoms with E-state index < -0.39 is 0 Å². The number of anilines is 1. The van der Waals surface area contributed by atoms with E-state index in [1.807, 2.05) is 17.2 Å². The molecule has 8 heteroatoms. The fraction of sp³-hybridized carbons (Fsp3) is 0.500. The van der Waals surface area contributed by atoms with Gasteiger partial charge in [-0.25, -0.2) is 9.78 Å². The predicted octanol–water partition coefficient (Wildman–Crippen LogP) is 2.15. The number of rotatable bonds is 6. The molecule has 0 radical (unpaired) electrons. The van der Waals surface area contributed by atoms with Gasteiger partial charge in [0.05, 0.1) is 7.11 Å². The average Bonchev–Trinajstić information content (AvgIpc) is 2.74. The minimum absolute atomic E-state index is 0.0271. The molecule has 2 amide bonds. The van der Waals surface area contributed by atoms with Gasteiger partial charge in [0.1, 0.15) is 0 Å². The molecule has 8 nitrogen and oxygen atoms in total. The summed E-state index contributed by atoms with van der Waals surface area (Å²) in [7, 11) is 1.59. The van der Waals surface area contributed by atoms with Crippen molar-refractivity contribution in [3.05, 3.63) is 42.4 Å². The number of hydrogen-bond donors (Lipinski definition) is 1. The smallest absolute Gasteiger partial charge is 0.317 e. The number of hydrogen-bond acceptors (Lipinski definition) is 6. The maximum absolute atomic E-state index is 12.6. The second kappa shape index (κ2) is 9.34. The Bertz CT molecular complexity index is 762. The SMILES string of the molecule is COc1ccnc(N2CCN(C(=O)NCC(c3cccnc3)C(C)C)CC2)n1. The average molecular weight is 384 g/mol. The van der Waals surface area contributed by atoms with Crippen molar-refractivity contribution >= 4 is 12.0 Å². The van der Waals surface area contributed by atoms with Crippen LogP contribution in [-0.2, 0) is 0 Å². The molecule has 1 N–H and O–H groups in total. The molecule has 2 aromatic heterocycles. The molecule has 0 aromatic carbocycles. The minimum Gasteiger partial charge on any atom is -0.481 e. The Kier molecular flexibility index (Phi) is 6.62. The van der Waals surface area contributed by atoms with Gasteiger partial charge in [-0.15, -0.1) is 0 Å². The molecule has 1 unspecified atom stereocenters. The van der Waals surface area contributed by atoms with Gasteiger partial charge in [-0.1, -0.05) is 19.9 Å². The van der Waals surface area contributed by atoms with Crippen molar-refractivity contribution in [3.8, 4) is 5.88 Å². The number of aromatic nitrogens is 3. The second-order valence-electron chi connectivity index (χ2n) is 7.20. The maximum Gasteiger partial charge on any atom is 0.317 e. The fourth-order valence-electron chi connectivity index (χ4n) is 3.35. The summed E-state index contributed by atoms with van der Waals surface area (Å²) in [6.45, 7) is 7.57. The van der Waals surface area contributed by atoms with E-state index in [0.29, 0.717) is 50.5 Å². The van der Waals surface area contributed by atoms with Gasteiger partial charge in [0.25, 0.3) is 0 Å². The van der Waals surface area contributed by atoms with Crippen molar-refractivity contribution in [2.45, 2.75) is 19.8 Å². The van der Waals surface area contributed by atoms with E-state index in [0.717, 1.165) is 5.56 Å². The zero-order valence-corrected chi connectivity index (χ0v) is 16.7. The lowest BCUT2D eigenvalue weighted by Gasteiger charge is -2.35. The highest BCUT2D eigenvalue weighted by molar-refractivity contribution is 5.74. The Morgan fingerprint density at radius 3 is 2.64 bits per heavy atom. The molecular weight excluding hydrogens is 356 g/mol. The van der Waals surface area contributed by atoms with Crippen molar-refractivity contribution in [1.82, 2.24) is 25.2 Å². The zero-order valence-electron chi connectivity index (χ0n) is 16.7. The van der Waals surface area contributed by atoms with Crippen LogP contribution in [0.4, 0.5) is 10.7 Å². The third-order valence-electron chi connectivity index (χ3n) is 5.07. The molecule has 1 atom stereocenters. The van der Waals surface area contributed by atoms with Gasteiger partial charge in [-0.05, 0) is 17.5 Å². The van der Waals surface area contributed by atoms with Gasteiger partial charge in [-0.3, -0.25) is 4.98 Å². The molecular formula is C20H28N6O2. The summed E-state index contributed by atoms with van der Waals surface area (Å²) in [4.78, 5) is 29.4. The number of piperazine rings is 1. The molecule has 1 aliphatic heterocycles. The maximum atomic E-state index is 12.6. The van der Waals surface area contributed by atoms with Crippen LogP contribution < -0.4 is 15.0 Å². The van der Waals surface area contributed by atoms with E-state index in [9.17, 15) is 4.79 Å². The van der Waals surface area contributed by atoms with Crippen LogP contribution in [0, 0.1) is 5.92 Å². The highest BCUT2D eigenvalue weighted by Gasteiger charge is 2.24. The summed E-state index contributed by atoms with van der Waals surface area (Å²) in [5.74, 6) is 1.83.